The molecule has 0 spiro atoms. The van der Waals surface area contributed by atoms with E-state index >= 15 is 0 Å². The highest BCUT2D eigenvalue weighted by atomic mass is 16.5. The van der Waals surface area contributed by atoms with Gasteiger partial charge in [-0.15, -0.1) is 0 Å². The summed E-state index contributed by atoms with van der Waals surface area (Å²) in [5.74, 6) is 3.41. The number of hydrogen-bond acceptors (Lipinski definition) is 4. The minimum Gasteiger partial charge on any atom is -0.477 e. The second kappa shape index (κ2) is 11.2. The third-order valence-electron chi connectivity index (χ3n) is 9.04. The Morgan fingerprint density at radius 3 is 2.33 bits per heavy atom. The Morgan fingerprint density at radius 1 is 0.939 bits per heavy atom. The first-order chi connectivity index (χ1) is 16.3. The summed E-state index contributed by atoms with van der Waals surface area (Å²) in [5.41, 5.74) is 0.653. The molecule has 6 heteroatoms. The van der Waals surface area contributed by atoms with Crippen molar-refractivity contribution in [1.29, 1.82) is 0 Å². The van der Waals surface area contributed by atoms with Gasteiger partial charge in [0.25, 0.3) is 5.91 Å². The first-order valence-electron chi connectivity index (χ1n) is 14.0. The molecular weight excluding hydrogens is 412 g/mol. The molecular formula is C27H44N4O2. The highest BCUT2D eigenvalue weighted by Gasteiger charge is 2.38. The van der Waals surface area contributed by atoms with Crippen molar-refractivity contribution in [3.05, 3.63) is 11.8 Å². The Hall–Kier alpha value is -1.56. The van der Waals surface area contributed by atoms with Gasteiger partial charge in [0, 0.05) is 12.6 Å². The van der Waals surface area contributed by atoms with E-state index in [0.29, 0.717) is 41.8 Å². The molecule has 5 rings (SSSR count). The lowest BCUT2D eigenvalue weighted by Gasteiger charge is -2.42. The standard InChI is InChI=1S/C27H44N4O2/c32-26(30-25-22-8-4-9-23(25)11-5-10-22)24-18-29-31(17-14-20-12-15-28-16-13-20)27(24)33-19-21-6-2-1-3-7-21/h18,20-23,25,28H,1-17,19H2,(H,30,32). The van der Waals surface area contributed by atoms with Crippen LogP contribution in [0.5, 0.6) is 5.88 Å². The maximum Gasteiger partial charge on any atom is 0.258 e. The number of nitrogens with one attached hydrogen (secondary N) is 2. The largest absolute Gasteiger partial charge is 0.477 e. The van der Waals surface area contributed by atoms with Gasteiger partial charge in [0.1, 0.15) is 5.56 Å². The van der Waals surface area contributed by atoms with E-state index in [1.165, 1.54) is 83.5 Å². The van der Waals surface area contributed by atoms with Crippen LogP contribution in [0.2, 0.25) is 0 Å². The van der Waals surface area contributed by atoms with Gasteiger partial charge in [-0.3, -0.25) is 4.79 Å². The Balaban J connectivity index is 1.28. The normalized spacial score (nSPS) is 29.0. The minimum absolute atomic E-state index is 0.0329. The Morgan fingerprint density at radius 2 is 1.64 bits per heavy atom. The van der Waals surface area contributed by atoms with E-state index in [1.54, 1.807) is 6.20 Å². The van der Waals surface area contributed by atoms with E-state index in [2.05, 4.69) is 15.7 Å². The number of aryl methyl sites for hydroxylation is 1. The molecule has 33 heavy (non-hydrogen) atoms. The maximum absolute atomic E-state index is 13.5. The van der Waals surface area contributed by atoms with Crippen molar-refractivity contribution in [2.45, 2.75) is 102 Å². The summed E-state index contributed by atoms with van der Waals surface area (Å²) in [4.78, 5) is 13.5. The molecule has 1 aromatic rings. The molecule has 1 aromatic heterocycles. The smallest absolute Gasteiger partial charge is 0.258 e. The number of fused-ring (bicyclic) bond motifs is 2. The Bertz CT molecular complexity index is 744. The van der Waals surface area contributed by atoms with Crippen LogP contribution in [0.15, 0.2) is 6.20 Å². The second-order valence-electron chi connectivity index (χ2n) is 11.3. The van der Waals surface area contributed by atoms with Crippen molar-refractivity contribution in [1.82, 2.24) is 20.4 Å². The summed E-state index contributed by atoms with van der Waals surface area (Å²) in [6.45, 7) is 3.79. The van der Waals surface area contributed by atoms with Crippen LogP contribution in [0.3, 0.4) is 0 Å². The van der Waals surface area contributed by atoms with E-state index in [0.717, 1.165) is 32.0 Å². The summed E-state index contributed by atoms with van der Waals surface area (Å²) in [6.07, 6.45) is 19.5. The van der Waals surface area contributed by atoms with Crippen LogP contribution in [-0.2, 0) is 6.54 Å². The van der Waals surface area contributed by atoms with Crippen LogP contribution in [0.1, 0.15) is 100 Å². The summed E-state index contributed by atoms with van der Waals surface area (Å²) in [7, 11) is 0. The molecule has 0 unspecified atom stereocenters. The summed E-state index contributed by atoms with van der Waals surface area (Å²) in [6, 6.07) is 0.337. The van der Waals surface area contributed by atoms with Gasteiger partial charge in [0.15, 0.2) is 0 Å². The van der Waals surface area contributed by atoms with Crippen LogP contribution in [0, 0.1) is 23.7 Å². The van der Waals surface area contributed by atoms with Gasteiger partial charge in [0.05, 0.1) is 12.8 Å². The maximum atomic E-state index is 13.5. The molecule has 3 aliphatic carbocycles. The molecule has 3 saturated carbocycles. The van der Waals surface area contributed by atoms with Gasteiger partial charge >= 0.3 is 0 Å². The zero-order valence-electron chi connectivity index (χ0n) is 20.4. The predicted octanol–water partition coefficient (Wildman–Crippen LogP) is 4.93. The van der Waals surface area contributed by atoms with E-state index in [4.69, 9.17) is 4.74 Å². The highest BCUT2D eigenvalue weighted by Crippen LogP contribution is 2.40. The molecule has 6 nitrogen and oxygen atoms in total. The first-order valence-corrected chi connectivity index (χ1v) is 14.0. The molecule has 2 N–H and O–H groups in total. The number of ether oxygens (including phenoxy) is 1. The Labute approximate surface area is 199 Å². The molecule has 4 aliphatic rings. The molecule has 2 heterocycles. The second-order valence-corrected chi connectivity index (χ2v) is 11.3. The number of aromatic nitrogens is 2. The number of piperidine rings is 1. The van der Waals surface area contributed by atoms with Crippen molar-refractivity contribution in [2.24, 2.45) is 23.7 Å². The van der Waals surface area contributed by atoms with Crippen molar-refractivity contribution in [3.8, 4) is 5.88 Å². The van der Waals surface area contributed by atoms with Crippen LogP contribution < -0.4 is 15.4 Å². The number of nitrogens with zero attached hydrogens (tertiary/aromatic N) is 2. The summed E-state index contributed by atoms with van der Waals surface area (Å²) >= 11 is 0. The van der Waals surface area contributed by atoms with Crippen LogP contribution in [0.25, 0.3) is 0 Å². The molecule has 1 aliphatic heterocycles. The minimum atomic E-state index is 0.0329. The number of carbonyl (C=O) groups excluding carboxylic acids is 1. The van der Waals surface area contributed by atoms with E-state index in [9.17, 15) is 4.79 Å². The average molecular weight is 457 g/mol. The summed E-state index contributed by atoms with van der Waals surface area (Å²) < 4.78 is 8.41. The Kier molecular flexibility index (Phi) is 7.90. The zero-order chi connectivity index (χ0) is 22.5. The zero-order valence-corrected chi connectivity index (χ0v) is 20.4. The number of rotatable bonds is 8. The lowest BCUT2D eigenvalue weighted by molar-refractivity contribution is 0.0783. The van der Waals surface area contributed by atoms with Crippen molar-refractivity contribution >= 4 is 5.91 Å². The quantitative estimate of drug-likeness (QED) is 0.582. The van der Waals surface area contributed by atoms with Crippen LogP contribution >= 0.6 is 0 Å². The fourth-order valence-electron chi connectivity index (χ4n) is 7.01. The molecule has 0 aromatic carbocycles. The van der Waals surface area contributed by atoms with Gasteiger partial charge in [-0.1, -0.05) is 32.1 Å². The van der Waals surface area contributed by atoms with Crippen molar-refractivity contribution < 1.29 is 9.53 Å². The molecule has 1 saturated heterocycles. The first kappa shape index (κ1) is 23.2. The van der Waals surface area contributed by atoms with Gasteiger partial charge in [0.2, 0.25) is 5.88 Å². The number of hydrogen-bond donors (Lipinski definition) is 2. The fraction of sp³-hybridized carbons (Fsp3) is 0.852. The molecule has 4 fully saturated rings. The van der Waals surface area contributed by atoms with Gasteiger partial charge in [-0.25, -0.2) is 4.68 Å². The summed E-state index contributed by atoms with van der Waals surface area (Å²) in [5, 5.41) is 11.6. The van der Waals surface area contributed by atoms with E-state index in [1.807, 2.05) is 4.68 Å². The highest BCUT2D eigenvalue weighted by molar-refractivity contribution is 5.96. The predicted molar refractivity (Wildman–Crippen MR) is 130 cm³/mol. The molecule has 2 bridgehead atoms. The molecule has 0 atom stereocenters. The lowest BCUT2D eigenvalue weighted by Crippen LogP contribution is -2.49. The monoisotopic (exact) mass is 456 g/mol. The SMILES string of the molecule is O=C(NC1C2CCCC1CCC2)c1cnn(CCC2CCNCC2)c1OCC1CCCCC1. The van der Waals surface area contributed by atoms with Crippen molar-refractivity contribution in [3.63, 3.8) is 0 Å². The topological polar surface area (TPSA) is 68.2 Å². The van der Waals surface area contributed by atoms with E-state index < -0.39 is 0 Å². The lowest BCUT2D eigenvalue weighted by atomic mass is 9.68. The fourth-order valence-corrected chi connectivity index (χ4v) is 7.01. The van der Waals surface area contributed by atoms with Gasteiger partial charge < -0.3 is 15.4 Å². The molecule has 184 valence electrons. The van der Waals surface area contributed by atoms with Crippen LogP contribution in [-0.4, -0.2) is 41.4 Å². The van der Waals surface area contributed by atoms with Gasteiger partial charge in [-0.05, 0) is 94.5 Å². The van der Waals surface area contributed by atoms with Crippen LogP contribution in [0.4, 0.5) is 0 Å². The molecule has 0 radical (unpaired) electrons. The third kappa shape index (κ3) is 5.75. The number of carbonyl (C=O) groups is 1. The third-order valence-corrected chi connectivity index (χ3v) is 9.04. The van der Waals surface area contributed by atoms with E-state index in [-0.39, 0.29) is 5.91 Å². The van der Waals surface area contributed by atoms with Crippen molar-refractivity contribution in [2.75, 3.05) is 19.7 Å². The molecule has 1 amide bonds. The van der Waals surface area contributed by atoms with Gasteiger partial charge in [-0.2, -0.15) is 5.10 Å². The average Bonchev–Trinajstić information content (AvgIpc) is 3.25. The number of amides is 1.